The second-order valence-electron chi connectivity index (χ2n) is 3.21. The SMILES string of the molecule is Cn1ncnc1COc1ccc(CCl)nc1. The van der Waals surface area contributed by atoms with Gasteiger partial charge in [0, 0.05) is 7.05 Å². The van der Waals surface area contributed by atoms with Crippen LogP contribution in [0.2, 0.25) is 0 Å². The van der Waals surface area contributed by atoms with Gasteiger partial charge in [0.15, 0.2) is 5.82 Å². The number of aryl methyl sites for hydroxylation is 1. The minimum atomic E-state index is 0.373. The van der Waals surface area contributed by atoms with Gasteiger partial charge in [0.2, 0.25) is 0 Å². The van der Waals surface area contributed by atoms with Gasteiger partial charge in [0.05, 0.1) is 17.8 Å². The van der Waals surface area contributed by atoms with Crippen LogP contribution >= 0.6 is 11.6 Å². The number of alkyl halides is 1. The zero-order valence-electron chi connectivity index (χ0n) is 8.80. The fraction of sp³-hybridized carbons (Fsp3) is 0.300. The third kappa shape index (κ3) is 2.49. The zero-order chi connectivity index (χ0) is 11.4. The first-order valence-electron chi connectivity index (χ1n) is 4.76. The fourth-order valence-corrected chi connectivity index (χ4v) is 1.33. The predicted octanol–water partition coefficient (Wildman–Crippen LogP) is 1.53. The highest BCUT2D eigenvalue weighted by molar-refractivity contribution is 6.16. The molecule has 2 aromatic rings. The van der Waals surface area contributed by atoms with E-state index in [1.165, 1.54) is 6.33 Å². The molecule has 84 valence electrons. The van der Waals surface area contributed by atoms with Crippen LogP contribution in [0.25, 0.3) is 0 Å². The topological polar surface area (TPSA) is 52.8 Å². The van der Waals surface area contributed by atoms with Crippen LogP contribution in [0, 0.1) is 0 Å². The molecule has 5 nitrogen and oxygen atoms in total. The normalized spacial score (nSPS) is 10.4. The van der Waals surface area contributed by atoms with Gasteiger partial charge in [-0.2, -0.15) is 5.10 Å². The van der Waals surface area contributed by atoms with Crippen LogP contribution in [0.15, 0.2) is 24.7 Å². The third-order valence-corrected chi connectivity index (χ3v) is 2.38. The molecule has 6 heteroatoms. The van der Waals surface area contributed by atoms with E-state index in [9.17, 15) is 0 Å². The summed E-state index contributed by atoms with van der Waals surface area (Å²) in [6.07, 6.45) is 3.14. The molecule has 0 unspecified atom stereocenters. The number of hydrogen-bond acceptors (Lipinski definition) is 4. The lowest BCUT2D eigenvalue weighted by atomic mass is 10.4. The Balaban J connectivity index is 1.97. The molecule has 0 radical (unpaired) electrons. The summed E-state index contributed by atoms with van der Waals surface area (Å²) in [6, 6.07) is 3.67. The monoisotopic (exact) mass is 238 g/mol. The second kappa shape index (κ2) is 4.94. The molecule has 2 aromatic heterocycles. The van der Waals surface area contributed by atoms with E-state index < -0.39 is 0 Å². The van der Waals surface area contributed by atoms with Crippen LogP contribution in [0.5, 0.6) is 5.75 Å². The molecule has 2 rings (SSSR count). The number of aromatic nitrogens is 4. The van der Waals surface area contributed by atoms with E-state index in [1.54, 1.807) is 10.9 Å². The highest BCUT2D eigenvalue weighted by Crippen LogP contribution is 2.11. The summed E-state index contributed by atoms with van der Waals surface area (Å²) in [7, 11) is 1.82. The van der Waals surface area contributed by atoms with Crippen LogP contribution < -0.4 is 4.74 Å². The molecule has 0 aliphatic carbocycles. The Morgan fingerprint density at radius 3 is 2.81 bits per heavy atom. The molecule has 0 saturated carbocycles. The number of ether oxygens (including phenoxy) is 1. The highest BCUT2D eigenvalue weighted by Gasteiger charge is 2.01. The van der Waals surface area contributed by atoms with Crippen LogP contribution in [0.3, 0.4) is 0 Å². The largest absolute Gasteiger partial charge is 0.484 e. The average molecular weight is 239 g/mol. The number of rotatable bonds is 4. The Kier molecular flexibility index (Phi) is 3.36. The number of nitrogens with zero attached hydrogens (tertiary/aromatic N) is 4. The molecule has 0 atom stereocenters. The summed E-state index contributed by atoms with van der Waals surface area (Å²) in [4.78, 5) is 8.17. The standard InChI is InChI=1S/C10H11ClN4O/c1-15-10(13-7-14-15)6-16-9-3-2-8(4-11)12-5-9/h2-3,5,7H,4,6H2,1H3. The quantitative estimate of drug-likeness (QED) is 0.758. The summed E-state index contributed by atoms with van der Waals surface area (Å²) < 4.78 is 7.17. The molecule has 2 heterocycles. The Morgan fingerprint density at radius 1 is 1.38 bits per heavy atom. The Hall–Kier alpha value is -1.62. The predicted molar refractivity (Wildman–Crippen MR) is 59.1 cm³/mol. The first-order chi connectivity index (χ1) is 7.79. The first kappa shape index (κ1) is 10.9. The lowest BCUT2D eigenvalue weighted by Gasteiger charge is -2.05. The van der Waals surface area contributed by atoms with Crippen molar-refractivity contribution in [1.29, 1.82) is 0 Å². The average Bonchev–Trinajstić information content (AvgIpc) is 2.73. The summed E-state index contributed by atoms with van der Waals surface area (Å²) >= 11 is 5.63. The fourth-order valence-electron chi connectivity index (χ4n) is 1.17. The molecular formula is C10H11ClN4O. The molecule has 0 spiro atoms. The van der Waals surface area contributed by atoms with Crippen LogP contribution in [-0.2, 0) is 19.5 Å². The number of hydrogen-bond donors (Lipinski definition) is 0. The molecule has 0 aromatic carbocycles. The summed E-state index contributed by atoms with van der Waals surface area (Å²) in [5.74, 6) is 1.86. The van der Waals surface area contributed by atoms with Gasteiger partial charge in [-0.05, 0) is 12.1 Å². The lowest BCUT2D eigenvalue weighted by molar-refractivity contribution is 0.288. The molecule has 0 aliphatic heterocycles. The van der Waals surface area contributed by atoms with E-state index in [0.717, 1.165) is 11.5 Å². The van der Waals surface area contributed by atoms with Crippen molar-refractivity contribution in [3.63, 3.8) is 0 Å². The minimum Gasteiger partial charge on any atom is -0.484 e. The van der Waals surface area contributed by atoms with Crippen molar-refractivity contribution in [3.8, 4) is 5.75 Å². The Bertz CT molecular complexity index is 454. The van der Waals surface area contributed by atoms with Gasteiger partial charge < -0.3 is 4.74 Å². The van der Waals surface area contributed by atoms with E-state index >= 15 is 0 Å². The van der Waals surface area contributed by atoms with Gasteiger partial charge in [0.1, 0.15) is 18.7 Å². The van der Waals surface area contributed by atoms with Gasteiger partial charge in [-0.15, -0.1) is 11.6 Å². The molecule has 0 fully saturated rings. The maximum absolute atomic E-state index is 5.63. The minimum absolute atomic E-state index is 0.373. The van der Waals surface area contributed by atoms with Gasteiger partial charge in [-0.1, -0.05) is 0 Å². The Morgan fingerprint density at radius 2 is 2.25 bits per heavy atom. The van der Waals surface area contributed by atoms with E-state index in [0.29, 0.717) is 18.2 Å². The van der Waals surface area contributed by atoms with Crippen molar-refractivity contribution < 1.29 is 4.74 Å². The first-order valence-corrected chi connectivity index (χ1v) is 5.29. The maximum atomic E-state index is 5.63. The summed E-state index contributed by atoms with van der Waals surface area (Å²) in [6.45, 7) is 0.373. The van der Waals surface area contributed by atoms with Crippen molar-refractivity contribution >= 4 is 11.6 Å². The van der Waals surface area contributed by atoms with Crippen LogP contribution in [0.1, 0.15) is 11.5 Å². The zero-order valence-corrected chi connectivity index (χ0v) is 9.55. The van der Waals surface area contributed by atoms with Gasteiger partial charge >= 0.3 is 0 Å². The third-order valence-electron chi connectivity index (χ3n) is 2.11. The lowest BCUT2D eigenvalue weighted by Crippen LogP contribution is -2.04. The van der Waals surface area contributed by atoms with Gasteiger partial charge in [0.25, 0.3) is 0 Å². The summed E-state index contributed by atoms with van der Waals surface area (Å²) in [5, 5.41) is 3.95. The second-order valence-corrected chi connectivity index (χ2v) is 3.47. The number of halogens is 1. The molecule has 0 N–H and O–H groups in total. The van der Waals surface area contributed by atoms with E-state index in [2.05, 4.69) is 15.1 Å². The summed E-state index contributed by atoms with van der Waals surface area (Å²) in [5.41, 5.74) is 0.827. The van der Waals surface area contributed by atoms with E-state index in [4.69, 9.17) is 16.3 Å². The highest BCUT2D eigenvalue weighted by atomic mass is 35.5. The van der Waals surface area contributed by atoms with Crippen LogP contribution in [0.4, 0.5) is 0 Å². The van der Waals surface area contributed by atoms with Crippen molar-refractivity contribution in [2.24, 2.45) is 7.05 Å². The number of pyridine rings is 1. The van der Waals surface area contributed by atoms with Gasteiger partial charge in [-0.25, -0.2) is 4.98 Å². The smallest absolute Gasteiger partial charge is 0.164 e. The van der Waals surface area contributed by atoms with E-state index in [-0.39, 0.29) is 0 Å². The molecule has 0 saturated heterocycles. The maximum Gasteiger partial charge on any atom is 0.164 e. The van der Waals surface area contributed by atoms with Crippen molar-refractivity contribution in [2.75, 3.05) is 0 Å². The molecule has 0 aliphatic rings. The molecule has 0 bridgehead atoms. The van der Waals surface area contributed by atoms with Crippen LogP contribution in [-0.4, -0.2) is 19.7 Å². The molecule has 0 amide bonds. The van der Waals surface area contributed by atoms with Gasteiger partial charge in [-0.3, -0.25) is 9.67 Å². The van der Waals surface area contributed by atoms with Crippen molar-refractivity contribution in [3.05, 3.63) is 36.2 Å². The molecule has 16 heavy (non-hydrogen) atoms. The van der Waals surface area contributed by atoms with E-state index in [1.807, 2.05) is 19.2 Å². The van der Waals surface area contributed by atoms with Crippen molar-refractivity contribution in [1.82, 2.24) is 19.7 Å². The molecular weight excluding hydrogens is 228 g/mol. The van der Waals surface area contributed by atoms with Crippen molar-refractivity contribution in [2.45, 2.75) is 12.5 Å². The Labute approximate surface area is 98.0 Å².